The summed E-state index contributed by atoms with van der Waals surface area (Å²) < 4.78 is 6.95. The minimum absolute atomic E-state index is 0.652. The van der Waals surface area contributed by atoms with E-state index in [1.807, 2.05) is 0 Å². The van der Waals surface area contributed by atoms with Crippen LogP contribution < -0.4 is 9.64 Å². The van der Waals surface area contributed by atoms with E-state index in [9.17, 15) is 0 Å². The third-order valence-electron chi connectivity index (χ3n) is 12.3. The highest BCUT2D eigenvalue weighted by atomic mass is 16.5. The molecule has 2 nitrogen and oxygen atoms in total. The average Bonchev–Trinajstić information content (AvgIpc) is 3.28. The fraction of sp³-hybridized carbons (Fsp3) is 0.0182. The van der Waals surface area contributed by atoms with Crippen LogP contribution in [0.25, 0.3) is 54.6 Å². The predicted octanol–water partition coefficient (Wildman–Crippen LogP) is 14.8. The second-order valence-corrected chi connectivity index (χ2v) is 15.2. The number of hydrogen-bond donors (Lipinski definition) is 0. The lowest BCUT2D eigenvalue weighted by atomic mass is 9.58. The summed E-state index contributed by atoms with van der Waals surface area (Å²) in [6, 6.07) is 77.6. The Morgan fingerprint density at radius 1 is 0.351 bits per heavy atom. The van der Waals surface area contributed by atoms with Gasteiger partial charge in [0.2, 0.25) is 0 Å². The molecule has 0 aromatic heterocycles. The number of hydrogen-bond acceptors (Lipinski definition) is 2. The van der Waals surface area contributed by atoms with Gasteiger partial charge >= 0.3 is 0 Å². The number of rotatable bonds is 4. The van der Waals surface area contributed by atoms with E-state index in [1.54, 1.807) is 0 Å². The van der Waals surface area contributed by atoms with Crippen LogP contribution >= 0.6 is 0 Å². The molecule has 2 heteroatoms. The van der Waals surface area contributed by atoms with Gasteiger partial charge in [0.25, 0.3) is 0 Å². The first-order valence-corrected chi connectivity index (χ1v) is 19.7. The fourth-order valence-corrected chi connectivity index (χ4v) is 9.89. The Balaban J connectivity index is 1.22. The fourth-order valence-electron chi connectivity index (χ4n) is 9.89. The Labute approximate surface area is 331 Å². The summed E-state index contributed by atoms with van der Waals surface area (Å²) in [5.74, 6) is 1.75. The average molecular weight is 726 g/mol. The molecule has 10 aromatic carbocycles. The van der Waals surface area contributed by atoms with Gasteiger partial charge in [0.15, 0.2) is 0 Å². The van der Waals surface area contributed by atoms with E-state index in [1.165, 1.54) is 60.1 Å². The minimum atomic E-state index is -0.652. The Hall–Kier alpha value is -7.42. The zero-order valence-electron chi connectivity index (χ0n) is 31.1. The molecule has 0 fully saturated rings. The zero-order chi connectivity index (χ0) is 37.5. The molecule has 0 bridgehead atoms. The standard InChI is InChI=1S/C55H35NO/c1-2-15-37(16-3-1)45-33-39-18-4-5-19-40(39)34-51(45)56(50-29-14-20-36-17-6-7-23-42(36)50)41-31-32-53-49(35-41)55(47-27-10-11-30-52(47)57-53)46-26-9-8-24-43(46)44-25-12-21-38-22-13-28-48(55)54(38)44/h1-35H. The lowest BCUT2D eigenvalue weighted by molar-refractivity contribution is 0.435. The Kier molecular flexibility index (Phi) is 6.88. The number of fused-ring (bicyclic) bond motifs is 10. The van der Waals surface area contributed by atoms with Gasteiger partial charge in [-0.25, -0.2) is 0 Å². The maximum Gasteiger partial charge on any atom is 0.132 e. The molecule has 1 atom stereocenters. The molecule has 0 radical (unpaired) electrons. The van der Waals surface area contributed by atoms with Crippen LogP contribution in [0.2, 0.25) is 0 Å². The molecule has 0 amide bonds. The van der Waals surface area contributed by atoms with Gasteiger partial charge in [-0.05, 0) is 97.2 Å². The summed E-state index contributed by atoms with van der Waals surface area (Å²) in [6.45, 7) is 0. The van der Waals surface area contributed by atoms with E-state index < -0.39 is 5.41 Å². The third kappa shape index (κ3) is 4.59. The predicted molar refractivity (Wildman–Crippen MR) is 236 cm³/mol. The van der Waals surface area contributed by atoms with Crippen molar-refractivity contribution < 1.29 is 4.74 Å². The monoisotopic (exact) mass is 725 g/mol. The van der Waals surface area contributed by atoms with Crippen LogP contribution in [0.15, 0.2) is 212 Å². The van der Waals surface area contributed by atoms with Crippen molar-refractivity contribution in [2.45, 2.75) is 5.41 Å². The number of benzene rings is 10. The normalized spacial score (nSPS) is 14.9. The van der Waals surface area contributed by atoms with Gasteiger partial charge in [0.1, 0.15) is 11.5 Å². The van der Waals surface area contributed by atoms with E-state index in [4.69, 9.17) is 4.74 Å². The first-order valence-electron chi connectivity index (χ1n) is 19.7. The molecular formula is C55H35NO. The summed E-state index contributed by atoms with van der Waals surface area (Å²) in [5, 5.41) is 7.30. The van der Waals surface area contributed by atoms with Gasteiger partial charge in [-0.2, -0.15) is 0 Å². The van der Waals surface area contributed by atoms with Gasteiger partial charge < -0.3 is 9.64 Å². The van der Waals surface area contributed by atoms with Gasteiger partial charge in [-0.15, -0.1) is 0 Å². The van der Waals surface area contributed by atoms with Crippen molar-refractivity contribution in [1.29, 1.82) is 0 Å². The number of nitrogens with zero attached hydrogens (tertiary/aromatic N) is 1. The van der Waals surface area contributed by atoms with Crippen LogP contribution in [0.5, 0.6) is 11.5 Å². The molecule has 1 aliphatic heterocycles. The maximum absolute atomic E-state index is 6.95. The minimum Gasteiger partial charge on any atom is -0.457 e. The van der Waals surface area contributed by atoms with Crippen molar-refractivity contribution >= 4 is 49.4 Å². The Bertz CT molecular complexity index is 3230. The molecule has 1 aliphatic carbocycles. The molecule has 266 valence electrons. The molecular weight excluding hydrogens is 691 g/mol. The molecule has 0 saturated carbocycles. The van der Waals surface area contributed by atoms with Crippen LogP contribution in [0.1, 0.15) is 22.3 Å². The van der Waals surface area contributed by atoms with E-state index >= 15 is 0 Å². The molecule has 0 saturated heterocycles. The molecule has 2 aliphatic rings. The van der Waals surface area contributed by atoms with E-state index in [2.05, 4.69) is 217 Å². The van der Waals surface area contributed by atoms with Crippen molar-refractivity contribution in [2.24, 2.45) is 0 Å². The topological polar surface area (TPSA) is 12.5 Å². The first-order chi connectivity index (χ1) is 28.3. The van der Waals surface area contributed by atoms with E-state index in [-0.39, 0.29) is 0 Å². The maximum atomic E-state index is 6.95. The third-order valence-corrected chi connectivity index (χ3v) is 12.3. The summed E-state index contributed by atoms with van der Waals surface area (Å²) in [6.07, 6.45) is 0. The highest BCUT2D eigenvalue weighted by Gasteiger charge is 2.49. The van der Waals surface area contributed by atoms with Crippen LogP contribution in [0.3, 0.4) is 0 Å². The second kappa shape index (κ2) is 12.3. The van der Waals surface area contributed by atoms with Crippen LogP contribution in [-0.2, 0) is 5.41 Å². The Morgan fingerprint density at radius 2 is 0.965 bits per heavy atom. The van der Waals surface area contributed by atoms with Crippen molar-refractivity contribution in [1.82, 2.24) is 0 Å². The second-order valence-electron chi connectivity index (χ2n) is 15.2. The van der Waals surface area contributed by atoms with Crippen molar-refractivity contribution in [3.8, 4) is 33.8 Å². The molecule has 57 heavy (non-hydrogen) atoms. The highest BCUT2D eigenvalue weighted by molar-refractivity contribution is 6.07. The van der Waals surface area contributed by atoms with Crippen LogP contribution in [0.4, 0.5) is 17.1 Å². The Morgan fingerprint density at radius 3 is 1.84 bits per heavy atom. The molecule has 1 spiro atoms. The molecule has 1 unspecified atom stereocenters. The molecule has 1 heterocycles. The summed E-state index contributed by atoms with van der Waals surface area (Å²) >= 11 is 0. The van der Waals surface area contributed by atoms with Crippen molar-refractivity contribution in [3.63, 3.8) is 0 Å². The van der Waals surface area contributed by atoms with Crippen molar-refractivity contribution in [3.05, 3.63) is 235 Å². The van der Waals surface area contributed by atoms with E-state index in [0.29, 0.717) is 0 Å². The first kappa shape index (κ1) is 31.9. The van der Waals surface area contributed by atoms with Gasteiger partial charge in [-0.3, -0.25) is 0 Å². The van der Waals surface area contributed by atoms with Gasteiger partial charge in [0, 0.05) is 27.8 Å². The van der Waals surface area contributed by atoms with E-state index in [0.717, 1.165) is 45.3 Å². The van der Waals surface area contributed by atoms with Crippen LogP contribution in [-0.4, -0.2) is 0 Å². The summed E-state index contributed by atoms with van der Waals surface area (Å²) in [5.41, 5.74) is 12.3. The number of ether oxygens (including phenoxy) is 1. The van der Waals surface area contributed by atoms with Crippen LogP contribution in [0, 0.1) is 0 Å². The smallest absolute Gasteiger partial charge is 0.132 e. The zero-order valence-corrected chi connectivity index (χ0v) is 31.1. The largest absolute Gasteiger partial charge is 0.457 e. The SMILES string of the molecule is c1ccc(-c2cc3ccccc3cc2N(c2ccc3c(c2)C2(c4ccccc4O3)c3ccccc3-c3cccc4cccc2c34)c2cccc3ccccc23)cc1. The summed E-state index contributed by atoms with van der Waals surface area (Å²) in [4.78, 5) is 2.48. The molecule has 10 aromatic rings. The lowest BCUT2D eigenvalue weighted by Crippen LogP contribution is -2.36. The summed E-state index contributed by atoms with van der Waals surface area (Å²) in [7, 11) is 0. The highest BCUT2D eigenvalue weighted by Crippen LogP contribution is 2.62. The lowest BCUT2D eigenvalue weighted by Gasteiger charge is -2.45. The van der Waals surface area contributed by atoms with Gasteiger partial charge in [-0.1, -0.05) is 170 Å². The quantitative estimate of drug-likeness (QED) is 0.179. The number of anilines is 3. The van der Waals surface area contributed by atoms with Gasteiger partial charge in [0.05, 0.1) is 16.8 Å². The number of para-hydroxylation sites is 1. The van der Waals surface area contributed by atoms with Crippen molar-refractivity contribution in [2.75, 3.05) is 4.90 Å². The molecule has 0 N–H and O–H groups in total. The molecule has 12 rings (SSSR count).